The maximum atomic E-state index is 11.9. The Labute approximate surface area is 161 Å². The van der Waals surface area contributed by atoms with Crippen molar-refractivity contribution in [2.45, 2.75) is 13.0 Å². The van der Waals surface area contributed by atoms with Gasteiger partial charge in [0.1, 0.15) is 5.75 Å². The Morgan fingerprint density at radius 1 is 1.19 bits per heavy atom. The minimum Gasteiger partial charge on any atom is -0.497 e. The van der Waals surface area contributed by atoms with E-state index >= 15 is 0 Å². The Kier molecular flexibility index (Phi) is 7.41. The predicted molar refractivity (Wildman–Crippen MR) is 104 cm³/mol. The van der Waals surface area contributed by atoms with Gasteiger partial charge in [-0.25, -0.2) is 4.79 Å². The number of nitrogens with one attached hydrogen (secondary N) is 1. The number of amides is 1. The number of hydrogen-bond acceptors (Lipinski definition) is 4. The highest BCUT2D eigenvalue weighted by Crippen LogP contribution is 2.16. The second-order valence-corrected chi connectivity index (χ2v) is 6.47. The van der Waals surface area contributed by atoms with Gasteiger partial charge >= 0.3 is 5.97 Å². The van der Waals surface area contributed by atoms with Gasteiger partial charge in [0, 0.05) is 10.5 Å². The van der Waals surface area contributed by atoms with E-state index in [9.17, 15) is 9.59 Å². The fourth-order valence-corrected chi connectivity index (χ4v) is 2.48. The number of carbonyl (C=O) groups excluding carboxylic acids is 2. The van der Waals surface area contributed by atoms with Crippen LogP contribution in [0.1, 0.15) is 24.1 Å². The zero-order valence-corrected chi connectivity index (χ0v) is 16.2. The van der Waals surface area contributed by atoms with Crippen molar-refractivity contribution in [1.82, 2.24) is 5.32 Å². The topological polar surface area (TPSA) is 64.6 Å². The van der Waals surface area contributed by atoms with Gasteiger partial charge in [0.15, 0.2) is 6.61 Å². The number of halogens is 1. The van der Waals surface area contributed by atoms with E-state index in [2.05, 4.69) is 21.2 Å². The number of rotatable bonds is 7. The number of hydrogen-bond donors (Lipinski definition) is 1. The average Bonchev–Trinajstić information content (AvgIpc) is 2.65. The summed E-state index contributed by atoms with van der Waals surface area (Å²) in [5.74, 6) is -0.246. The smallest absolute Gasteiger partial charge is 0.331 e. The van der Waals surface area contributed by atoms with E-state index in [-0.39, 0.29) is 18.6 Å². The van der Waals surface area contributed by atoms with E-state index in [1.165, 1.54) is 6.08 Å². The molecule has 0 radical (unpaired) electrons. The maximum absolute atomic E-state index is 11.9. The summed E-state index contributed by atoms with van der Waals surface area (Å²) in [7, 11) is 1.57. The van der Waals surface area contributed by atoms with Crippen molar-refractivity contribution in [2.24, 2.45) is 0 Å². The Balaban J connectivity index is 1.79. The van der Waals surface area contributed by atoms with Gasteiger partial charge in [-0.15, -0.1) is 0 Å². The first-order valence-electron chi connectivity index (χ1n) is 8.01. The lowest BCUT2D eigenvalue weighted by atomic mass is 10.1. The first kappa shape index (κ1) is 19.7. The summed E-state index contributed by atoms with van der Waals surface area (Å²) >= 11 is 3.37. The number of ether oxygens (including phenoxy) is 2. The SMILES string of the molecule is COc1cccc(/C=C/C(=O)OCC(=O)N[C@@H](C)c2ccc(Br)cc2)c1. The molecular formula is C20H20BrNO4. The highest BCUT2D eigenvalue weighted by Gasteiger charge is 2.11. The van der Waals surface area contributed by atoms with Gasteiger partial charge in [-0.05, 0) is 48.4 Å². The number of carbonyl (C=O) groups is 2. The van der Waals surface area contributed by atoms with Crippen LogP contribution < -0.4 is 10.1 Å². The predicted octanol–water partition coefficient (Wildman–Crippen LogP) is 3.89. The van der Waals surface area contributed by atoms with Gasteiger partial charge < -0.3 is 14.8 Å². The zero-order valence-electron chi connectivity index (χ0n) is 14.6. The van der Waals surface area contributed by atoms with E-state index in [0.29, 0.717) is 5.75 Å². The highest BCUT2D eigenvalue weighted by atomic mass is 79.9. The Hall–Kier alpha value is -2.60. The van der Waals surface area contributed by atoms with Crippen LogP contribution >= 0.6 is 15.9 Å². The number of benzene rings is 2. The van der Waals surface area contributed by atoms with Crippen LogP contribution in [0.15, 0.2) is 59.1 Å². The molecule has 0 saturated heterocycles. The Morgan fingerprint density at radius 3 is 2.62 bits per heavy atom. The van der Waals surface area contributed by atoms with E-state index in [1.54, 1.807) is 19.3 Å². The van der Waals surface area contributed by atoms with Gasteiger partial charge in [0.05, 0.1) is 13.2 Å². The van der Waals surface area contributed by atoms with Crippen molar-refractivity contribution in [1.29, 1.82) is 0 Å². The minimum absolute atomic E-state index is 0.179. The van der Waals surface area contributed by atoms with Gasteiger partial charge in [-0.2, -0.15) is 0 Å². The lowest BCUT2D eigenvalue weighted by molar-refractivity contribution is -0.144. The fraction of sp³-hybridized carbons (Fsp3) is 0.200. The molecule has 136 valence electrons. The molecule has 1 amide bonds. The van der Waals surface area contributed by atoms with Gasteiger partial charge in [0.25, 0.3) is 5.91 Å². The standard InChI is InChI=1S/C20H20BrNO4/c1-14(16-7-9-17(21)10-8-16)22-19(23)13-26-20(24)11-6-15-4-3-5-18(12-15)25-2/h3-12,14H,13H2,1-2H3,(H,22,23)/b11-6+/t14-/m0/s1. The molecule has 0 spiro atoms. The summed E-state index contributed by atoms with van der Waals surface area (Å²) in [6.45, 7) is 1.54. The largest absolute Gasteiger partial charge is 0.497 e. The molecule has 0 bridgehead atoms. The minimum atomic E-state index is -0.584. The van der Waals surface area contributed by atoms with Gasteiger partial charge in [-0.1, -0.05) is 40.2 Å². The van der Waals surface area contributed by atoms with Crippen LogP contribution in [0, 0.1) is 0 Å². The third-order valence-corrected chi connectivity index (χ3v) is 4.13. The molecule has 2 rings (SSSR count). The molecule has 1 N–H and O–H groups in total. The lowest BCUT2D eigenvalue weighted by Crippen LogP contribution is -2.30. The first-order chi connectivity index (χ1) is 12.5. The normalized spacial score (nSPS) is 11.8. The zero-order chi connectivity index (χ0) is 18.9. The summed E-state index contributed by atoms with van der Waals surface area (Å²) in [6, 6.07) is 14.7. The third-order valence-electron chi connectivity index (χ3n) is 3.60. The molecular weight excluding hydrogens is 398 g/mol. The van der Waals surface area contributed by atoms with Crippen molar-refractivity contribution < 1.29 is 19.1 Å². The van der Waals surface area contributed by atoms with E-state index < -0.39 is 5.97 Å². The van der Waals surface area contributed by atoms with Crippen molar-refractivity contribution in [3.8, 4) is 5.75 Å². The van der Waals surface area contributed by atoms with Crippen LogP contribution in [0.2, 0.25) is 0 Å². The average molecular weight is 418 g/mol. The number of methoxy groups -OCH3 is 1. The second kappa shape index (κ2) is 9.77. The van der Waals surface area contributed by atoms with Gasteiger partial charge in [-0.3, -0.25) is 4.79 Å². The van der Waals surface area contributed by atoms with Crippen LogP contribution in [-0.4, -0.2) is 25.6 Å². The van der Waals surface area contributed by atoms with Crippen LogP contribution in [0.25, 0.3) is 6.08 Å². The molecule has 26 heavy (non-hydrogen) atoms. The summed E-state index contributed by atoms with van der Waals surface area (Å²) in [5.41, 5.74) is 1.76. The molecule has 0 unspecified atom stereocenters. The fourth-order valence-electron chi connectivity index (χ4n) is 2.21. The van der Waals surface area contributed by atoms with Crippen molar-refractivity contribution >= 4 is 33.9 Å². The van der Waals surface area contributed by atoms with E-state index in [0.717, 1.165) is 15.6 Å². The quantitative estimate of drug-likeness (QED) is 0.548. The molecule has 6 heteroatoms. The van der Waals surface area contributed by atoms with Crippen molar-refractivity contribution in [3.63, 3.8) is 0 Å². The lowest BCUT2D eigenvalue weighted by Gasteiger charge is -2.14. The Bertz CT molecular complexity index is 787. The maximum Gasteiger partial charge on any atom is 0.331 e. The summed E-state index contributed by atoms with van der Waals surface area (Å²) < 4.78 is 11.0. The third kappa shape index (κ3) is 6.37. The number of esters is 1. The van der Waals surface area contributed by atoms with Gasteiger partial charge in [0.2, 0.25) is 0 Å². The van der Waals surface area contributed by atoms with Crippen molar-refractivity contribution in [2.75, 3.05) is 13.7 Å². The highest BCUT2D eigenvalue weighted by molar-refractivity contribution is 9.10. The summed E-state index contributed by atoms with van der Waals surface area (Å²) in [5, 5.41) is 2.79. The molecule has 5 nitrogen and oxygen atoms in total. The molecule has 0 aliphatic carbocycles. The molecule has 0 saturated carbocycles. The van der Waals surface area contributed by atoms with E-state index in [4.69, 9.17) is 9.47 Å². The first-order valence-corrected chi connectivity index (χ1v) is 8.81. The van der Waals surface area contributed by atoms with Crippen LogP contribution in [0.5, 0.6) is 5.75 Å². The molecule has 2 aromatic rings. The Morgan fingerprint density at radius 2 is 1.92 bits per heavy atom. The molecule has 0 fully saturated rings. The monoisotopic (exact) mass is 417 g/mol. The van der Waals surface area contributed by atoms with Crippen LogP contribution in [-0.2, 0) is 14.3 Å². The second-order valence-electron chi connectivity index (χ2n) is 5.56. The molecule has 0 aromatic heterocycles. The van der Waals surface area contributed by atoms with Crippen LogP contribution in [0.4, 0.5) is 0 Å². The molecule has 0 heterocycles. The van der Waals surface area contributed by atoms with E-state index in [1.807, 2.05) is 49.4 Å². The van der Waals surface area contributed by atoms with Crippen LogP contribution in [0.3, 0.4) is 0 Å². The molecule has 0 aliphatic heterocycles. The summed E-state index contributed by atoms with van der Waals surface area (Å²) in [6.07, 6.45) is 2.88. The molecule has 0 aliphatic rings. The molecule has 1 atom stereocenters. The van der Waals surface area contributed by atoms with Crippen molar-refractivity contribution in [3.05, 3.63) is 70.2 Å². The molecule has 2 aromatic carbocycles. The summed E-state index contributed by atoms with van der Waals surface area (Å²) in [4.78, 5) is 23.7.